The van der Waals surface area contributed by atoms with Crippen molar-refractivity contribution in [1.29, 1.82) is 0 Å². The van der Waals surface area contributed by atoms with E-state index in [4.69, 9.17) is 5.73 Å². The van der Waals surface area contributed by atoms with Crippen LogP contribution in [-0.4, -0.2) is 53.1 Å². The topological polar surface area (TPSA) is 119 Å². The first-order valence-electron chi connectivity index (χ1n) is 11.4. The Morgan fingerprint density at radius 3 is 2.64 bits per heavy atom. The zero-order valence-electron chi connectivity index (χ0n) is 19.7. The van der Waals surface area contributed by atoms with Crippen LogP contribution in [0.3, 0.4) is 0 Å². The van der Waals surface area contributed by atoms with E-state index in [0.717, 1.165) is 22.5 Å². The first-order valence-corrected chi connectivity index (χ1v) is 11.4. The number of aromatic nitrogens is 3. The molecule has 2 heterocycles. The second-order valence-corrected chi connectivity index (χ2v) is 7.97. The van der Waals surface area contributed by atoms with Crippen LogP contribution in [0.25, 0.3) is 16.9 Å². The van der Waals surface area contributed by atoms with Crippen LogP contribution >= 0.6 is 0 Å². The molecule has 188 valence electrons. The molecule has 0 unspecified atom stereocenters. The number of carbonyl (C=O) groups is 1. The maximum Gasteiger partial charge on any atom is 0.387 e. The average molecular weight is 496 g/mol. The number of carbonyl (C=O) groups excluding carboxylic acids is 1. The summed E-state index contributed by atoms with van der Waals surface area (Å²) in [6.45, 7) is 1.41. The van der Waals surface area contributed by atoms with Gasteiger partial charge in [-0.15, -0.1) is 0 Å². The molecule has 0 spiro atoms. The van der Waals surface area contributed by atoms with Crippen molar-refractivity contribution in [3.05, 3.63) is 72.2 Å². The van der Waals surface area contributed by atoms with Crippen molar-refractivity contribution in [2.45, 2.75) is 13.5 Å². The molecular weight excluding hydrogens is 468 g/mol. The Morgan fingerprint density at radius 1 is 1.11 bits per heavy atom. The van der Waals surface area contributed by atoms with E-state index in [9.17, 15) is 13.6 Å². The molecular formula is C25H27F2N7O2. The summed E-state index contributed by atoms with van der Waals surface area (Å²) in [7, 11) is 0. The molecule has 36 heavy (non-hydrogen) atoms. The maximum absolute atomic E-state index is 12.5. The van der Waals surface area contributed by atoms with E-state index >= 15 is 0 Å². The monoisotopic (exact) mass is 495 g/mol. The van der Waals surface area contributed by atoms with Crippen LogP contribution in [0.4, 0.5) is 20.3 Å². The van der Waals surface area contributed by atoms with Crippen molar-refractivity contribution in [2.75, 3.05) is 31.5 Å². The highest BCUT2D eigenvalue weighted by Crippen LogP contribution is 2.27. The van der Waals surface area contributed by atoms with Crippen LogP contribution in [0.2, 0.25) is 0 Å². The molecule has 0 saturated carbocycles. The Bertz CT molecular complexity index is 1330. The molecule has 2 aromatic heterocycles. The minimum Gasteiger partial charge on any atom is -0.435 e. The normalized spacial score (nSPS) is 11.1. The van der Waals surface area contributed by atoms with E-state index in [1.165, 1.54) is 12.1 Å². The van der Waals surface area contributed by atoms with E-state index in [1.807, 2.05) is 23.5 Å². The predicted molar refractivity (Wildman–Crippen MR) is 134 cm³/mol. The van der Waals surface area contributed by atoms with Crippen molar-refractivity contribution < 1.29 is 18.3 Å². The molecule has 2 aromatic carbocycles. The number of nitrogens with one attached hydrogen (secondary N) is 3. The lowest BCUT2D eigenvalue weighted by Gasteiger charge is -2.12. The van der Waals surface area contributed by atoms with E-state index in [-0.39, 0.29) is 11.7 Å². The molecule has 11 heteroatoms. The van der Waals surface area contributed by atoms with Gasteiger partial charge in [-0.05, 0) is 55.0 Å². The quantitative estimate of drug-likeness (QED) is 0.236. The van der Waals surface area contributed by atoms with Gasteiger partial charge in [0.25, 0.3) is 5.91 Å². The van der Waals surface area contributed by atoms with Crippen LogP contribution in [0.15, 0.2) is 61.1 Å². The van der Waals surface area contributed by atoms with Gasteiger partial charge in [-0.1, -0.05) is 0 Å². The lowest BCUT2D eigenvalue weighted by Crippen LogP contribution is -2.34. The van der Waals surface area contributed by atoms with Crippen molar-refractivity contribution in [3.8, 4) is 17.0 Å². The van der Waals surface area contributed by atoms with E-state index in [0.29, 0.717) is 43.2 Å². The Labute approximate surface area is 206 Å². The number of alkyl halides is 2. The smallest absolute Gasteiger partial charge is 0.387 e. The number of nitrogens with zero attached hydrogens (tertiary/aromatic N) is 3. The van der Waals surface area contributed by atoms with Gasteiger partial charge in [-0.2, -0.15) is 8.78 Å². The number of halogens is 2. The number of rotatable bonds is 11. The van der Waals surface area contributed by atoms with Gasteiger partial charge in [0.05, 0.1) is 11.9 Å². The van der Waals surface area contributed by atoms with Crippen molar-refractivity contribution in [1.82, 2.24) is 25.0 Å². The molecule has 0 atom stereocenters. The Hall–Kier alpha value is -4.09. The van der Waals surface area contributed by atoms with Gasteiger partial charge in [0.1, 0.15) is 5.75 Å². The molecule has 9 nitrogen and oxygen atoms in total. The van der Waals surface area contributed by atoms with Gasteiger partial charge < -0.3 is 26.4 Å². The van der Waals surface area contributed by atoms with Gasteiger partial charge in [0.15, 0.2) is 11.5 Å². The lowest BCUT2D eigenvalue weighted by atomic mass is 10.1. The van der Waals surface area contributed by atoms with E-state index in [2.05, 4.69) is 30.7 Å². The maximum atomic E-state index is 12.5. The zero-order chi connectivity index (χ0) is 25.5. The van der Waals surface area contributed by atoms with Crippen LogP contribution in [0.5, 0.6) is 5.75 Å². The molecule has 1 amide bonds. The predicted octanol–water partition coefficient (Wildman–Crippen LogP) is 3.33. The van der Waals surface area contributed by atoms with E-state index in [1.54, 1.807) is 36.8 Å². The number of ether oxygens (including phenoxy) is 1. The summed E-state index contributed by atoms with van der Waals surface area (Å²) in [5, 5.41) is 9.29. The van der Waals surface area contributed by atoms with Gasteiger partial charge in [0, 0.05) is 55.4 Å². The third-order valence-corrected chi connectivity index (χ3v) is 5.45. The fraction of sp³-hybridized carbons (Fsp3) is 0.240. The highest BCUT2D eigenvalue weighted by molar-refractivity contribution is 5.96. The lowest BCUT2D eigenvalue weighted by molar-refractivity contribution is -0.0498. The zero-order valence-corrected chi connectivity index (χ0v) is 19.7. The van der Waals surface area contributed by atoms with Crippen LogP contribution in [0.1, 0.15) is 15.9 Å². The summed E-state index contributed by atoms with van der Waals surface area (Å²) in [6, 6.07) is 11.8. The molecule has 0 saturated heterocycles. The van der Waals surface area contributed by atoms with Gasteiger partial charge >= 0.3 is 6.61 Å². The molecule has 4 aromatic rings. The number of aryl methyl sites for hydroxylation is 1. The van der Waals surface area contributed by atoms with E-state index < -0.39 is 6.61 Å². The Morgan fingerprint density at radius 2 is 1.92 bits per heavy atom. The number of anilines is 2. The highest BCUT2D eigenvalue weighted by Gasteiger charge is 2.13. The molecule has 0 bridgehead atoms. The standard InChI is InChI=1S/C25H27F2N7O2/c1-16-14-18(4-7-20(16)24(35)31-11-10-29-9-8-28)33-22-23-32-15-21(34(23)13-12-30-22)17-2-5-19(6-3-17)36-25(26)27/h2-7,12-15,25,29H,8-11,28H2,1H3,(H,30,33)(H,31,35). The number of hydrogen-bond donors (Lipinski definition) is 4. The van der Waals surface area contributed by atoms with Gasteiger partial charge in [0.2, 0.25) is 0 Å². The molecule has 0 aliphatic heterocycles. The summed E-state index contributed by atoms with van der Waals surface area (Å²) in [5.74, 6) is 0.475. The van der Waals surface area contributed by atoms with Crippen LogP contribution < -0.4 is 26.4 Å². The first kappa shape index (κ1) is 25.0. The number of benzene rings is 2. The Kier molecular flexibility index (Phi) is 8.03. The Balaban J connectivity index is 1.48. The molecule has 5 N–H and O–H groups in total. The van der Waals surface area contributed by atoms with Crippen LogP contribution in [-0.2, 0) is 0 Å². The third-order valence-electron chi connectivity index (χ3n) is 5.45. The van der Waals surface area contributed by atoms with Gasteiger partial charge in [-0.25, -0.2) is 9.97 Å². The van der Waals surface area contributed by atoms with Crippen molar-refractivity contribution >= 4 is 23.1 Å². The fourth-order valence-corrected chi connectivity index (χ4v) is 3.75. The second-order valence-electron chi connectivity index (χ2n) is 7.97. The molecule has 4 rings (SSSR count). The molecule has 0 aliphatic carbocycles. The van der Waals surface area contributed by atoms with Crippen molar-refractivity contribution in [3.63, 3.8) is 0 Å². The number of nitrogens with two attached hydrogens (primary N) is 1. The summed E-state index contributed by atoms with van der Waals surface area (Å²) in [6.07, 6.45) is 5.10. The minimum atomic E-state index is -2.87. The highest BCUT2D eigenvalue weighted by atomic mass is 19.3. The van der Waals surface area contributed by atoms with Crippen molar-refractivity contribution in [2.24, 2.45) is 5.73 Å². The average Bonchev–Trinajstić information content (AvgIpc) is 3.29. The molecule has 0 aliphatic rings. The van der Waals surface area contributed by atoms with Gasteiger partial charge in [-0.3, -0.25) is 9.20 Å². The molecule has 0 fully saturated rings. The first-order chi connectivity index (χ1) is 17.5. The SMILES string of the molecule is Cc1cc(Nc2nccn3c(-c4ccc(OC(F)F)cc4)cnc23)ccc1C(=O)NCCNCCN. The second kappa shape index (κ2) is 11.6. The van der Waals surface area contributed by atoms with Crippen LogP contribution in [0, 0.1) is 6.92 Å². The molecule has 0 radical (unpaired) electrons. The minimum absolute atomic E-state index is 0.0855. The summed E-state index contributed by atoms with van der Waals surface area (Å²) in [4.78, 5) is 21.4. The largest absolute Gasteiger partial charge is 0.435 e. The summed E-state index contributed by atoms with van der Waals surface area (Å²) < 4.78 is 31.1. The number of fused-ring (bicyclic) bond motifs is 1. The number of imidazole rings is 1. The summed E-state index contributed by atoms with van der Waals surface area (Å²) in [5.41, 5.74) is 9.74. The number of amides is 1. The fourth-order valence-electron chi connectivity index (χ4n) is 3.75. The number of hydrogen-bond acceptors (Lipinski definition) is 7. The third kappa shape index (κ3) is 5.93. The summed E-state index contributed by atoms with van der Waals surface area (Å²) >= 11 is 0.